The molecular formula is C10H16O4S2. The van der Waals surface area contributed by atoms with E-state index in [1.165, 1.54) is 0 Å². The number of carbonyl (C=O) groups excluding carboxylic acids is 2. The Kier molecular flexibility index (Phi) is 6.05. The minimum atomic E-state index is -0.703. The van der Waals surface area contributed by atoms with Gasteiger partial charge in [0.1, 0.15) is 0 Å². The topological polar surface area (TPSA) is 52.6 Å². The molecule has 1 rings (SSSR count). The molecule has 92 valence electrons. The monoisotopic (exact) mass is 264 g/mol. The molecule has 4 nitrogen and oxygen atoms in total. The van der Waals surface area contributed by atoms with Crippen molar-refractivity contribution in [2.45, 2.75) is 25.0 Å². The number of cyclic esters (lactones) is 2. The summed E-state index contributed by atoms with van der Waals surface area (Å²) in [6, 6.07) is 0. The third-order valence-electron chi connectivity index (χ3n) is 2.21. The maximum Gasteiger partial charge on any atom is 0.348 e. The molecule has 0 bridgehead atoms. The molecule has 1 saturated heterocycles. The lowest BCUT2D eigenvalue weighted by Gasteiger charge is -2.27. The van der Waals surface area contributed by atoms with E-state index in [0.717, 1.165) is 11.5 Å². The van der Waals surface area contributed by atoms with Crippen LogP contribution in [0.15, 0.2) is 0 Å². The van der Waals surface area contributed by atoms with Crippen molar-refractivity contribution in [3.63, 3.8) is 0 Å². The van der Waals surface area contributed by atoms with E-state index < -0.39 is 24.1 Å². The SMILES string of the molecule is CSCC[C@@H]1OC(=O)[C@H](CCSC)OC1=O. The highest BCUT2D eigenvalue weighted by molar-refractivity contribution is 7.98. The van der Waals surface area contributed by atoms with Crippen molar-refractivity contribution in [3.05, 3.63) is 0 Å². The van der Waals surface area contributed by atoms with Crippen molar-refractivity contribution in [1.82, 2.24) is 0 Å². The van der Waals surface area contributed by atoms with Gasteiger partial charge in [-0.15, -0.1) is 0 Å². The van der Waals surface area contributed by atoms with E-state index in [9.17, 15) is 9.59 Å². The molecular weight excluding hydrogens is 248 g/mol. The fourth-order valence-electron chi connectivity index (χ4n) is 1.33. The molecule has 0 amide bonds. The number of carbonyl (C=O) groups is 2. The van der Waals surface area contributed by atoms with E-state index >= 15 is 0 Å². The molecule has 0 aromatic carbocycles. The number of esters is 2. The van der Waals surface area contributed by atoms with Gasteiger partial charge in [0.15, 0.2) is 12.2 Å². The predicted molar refractivity (Wildman–Crippen MR) is 65.8 cm³/mol. The van der Waals surface area contributed by atoms with Gasteiger partial charge in [-0.3, -0.25) is 0 Å². The number of rotatable bonds is 6. The van der Waals surface area contributed by atoms with Crippen LogP contribution in [-0.2, 0) is 19.1 Å². The highest BCUT2D eigenvalue weighted by Crippen LogP contribution is 2.18. The van der Waals surface area contributed by atoms with Crippen LogP contribution >= 0.6 is 23.5 Å². The normalized spacial score (nSPS) is 25.1. The second kappa shape index (κ2) is 7.06. The molecule has 0 spiro atoms. The summed E-state index contributed by atoms with van der Waals surface area (Å²) in [4.78, 5) is 23.0. The molecule has 1 fully saturated rings. The van der Waals surface area contributed by atoms with Gasteiger partial charge >= 0.3 is 11.9 Å². The number of hydrogen-bond donors (Lipinski definition) is 0. The molecule has 0 aliphatic carbocycles. The Balaban J connectivity index is 2.43. The van der Waals surface area contributed by atoms with Gasteiger partial charge in [-0.1, -0.05) is 0 Å². The Hall–Kier alpha value is -0.360. The summed E-state index contributed by atoms with van der Waals surface area (Å²) < 4.78 is 10.1. The van der Waals surface area contributed by atoms with Crippen molar-refractivity contribution >= 4 is 35.5 Å². The molecule has 0 saturated carbocycles. The molecule has 1 aliphatic rings. The first kappa shape index (κ1) is 13.7. The van der Waals surface area contributed by atoms with Crippen LogP contribution < -0.4 is 0 Å². The maximum absolute atomic E-state index is 11.5. The Morgan fingerprint density at radius 3 is 1.62 bits per heavy atom. The number of ether oxygens (including phenoxy) is 2. The smallest absolute Gasteiger partial charge is 0.348 e. The van der Waals surface area contributed by atoms with Crippen molar-refractivity contribution in [3.8, 4) is 0 Å². The van der Waals surface area contributed by atoms with Crippen LogP contribution in [0, 0.1) is 0 Å². The Morgan fingerprint density at radius 2 is 1.31 bits per heavy atom. The van der Waals surface area contributed by atoms with Crippen LogP contribution in [-0.4, -0.2) is 48.2 Å². The molecule has 2 atom stereocenters. The Bertz CT molecular complexity index is 231. The molecule has 0 N–H and O–H groups in total. The summed E-state index contributed by atoms with van der Waals surface area (Å²) in [6.07, 6.45) is 3.53. The summed E-state index contributed by atoms with van der Waals surface area (Å²) >= 11 is 3.22. The molecule has 16 heavy (non-hydrogen) atoms. The Labute approximate surface area is 104 Å². The molecule has 1 heterocycles. The lowest BCUT2D eigenvalue weighted by molar-refractivity contribution is -0.195. The van der Waals surface area contributed by atoms with E-state index in [1.807, 2.05) is 12.5 Å². The highest BCUT2D eigenvalue weighted by atomic mass is 32.2. The first-order valence-corrected chi connectivity index (χ1v) is 7.86. The van der Waals surface area contributed by atoms with Crippen LogP contribution in [0.2, 0.25) is 0 Å². The third kappa shape index (κ3) is 3.90. The van der Waals surface area contributed by atoms with Gasteiger partial charge in [0.25, 0.3) is 0 Å². The zero-order chi connectivity index (χ0) is 12.0. The second-order valence-electron chi connectivity index (χ2n) is 3.41. The van der Waals surface area contributed by atoms with Gasteiger partial charge < -0.3 is 9.47 Å². The average molecular weight is 264 g/mol. The summed E-state index contributed by atoms with van der Waals surface area (Å²) in [5.41, 5.74) is 0. The quantitative estimate of drug-likeness (QED) is 0.675. The number of hydrogen-bond acceptors (Lipinski definition) is 6. The molecule has 0 radical (unpaired) electrons. The van der Waals surface area contributed by atoms with E-state index in [1.54, 1.807) is 23.5 Å². The summed E-state index contributed by atoms with van der Waals surface area (Å²) in [5.74, 6) is 0.755. The number of thioether (sulfide) groups is 2. The lowest BCUT2D eigenvalue weighted by Crippen LogP contribution is -2.44. The van der Waals surface area contributed by atoms with Gasteiger partial charge in [0.05, 0.1) is 0 Å². The van der Waals surface area contributed by atoms with E-state index in [2.05, 4.69) is 0 Å². The second-order valence-corrected chi connectivity index (χ2v) is 5.39. The fraction of sp³-hybridized carbons (Fsp3) is 0.800. The Morgan fingerprint density at radius 1 is 0.938 bits per heavy atom. The first-order chi connectivity index (χ1) is 7.69. The van der Waals surface area contributed by atoms with Gasteiger partial charge in [-0.05, 0) is 24.0 Å². The van der Waals surface area contributed by atoms with Crippen LogP contribution in [0.3, 0.4) is 0 Å². The minimum absolute atomic E-state index is 0.403. The van der Waals surface area contributed by atoms with Gasteiger partial charge in [-0.2, -0.15) is 23.5 Å². The first-order valence-electron chi connectivity index (χ1n) is 5.08. The van der Waals surface area contributed by atoms with Gasteiger partial charge in [-0.25, -0.2) is 9.59 Å². The van der Waals surface area contributed by atoms with Crippen LogP contribution in [0.4, 0.5) is 0 Å². The third-order valence-corrected chi connectivity index (χ3v) is 3.50. The summed E-state index contributed by atoms with van der Waals surface area (Å²) in [6.45, 7) is 0. The van der Waals surface area contributed by atoms with Crippen molar-refractivity contribution in [1.29, 1.82) is 0 Å². The van der Waals surface area contributed by atoms with Crippen molar-refractivity contribution in [2.75, 3.05) is 24.0 Å². The van der Waals surface area contributed by atoms with E-state index in [0.29, 0.717) is 12.8 Å². The maximum atomic E-state index is 11.5. The van der Waals surface area contributed by atoms with Crippen LogP contribution in [0.25, 0.3) is 0 Å². The summed E-state index contributed by atoms with van der Waals surface area (Å²) in [7, 11) is 0. The van der Waals surface area contributed by atoms with Crippen molar-refractivity contribution in [2.24, 2.45) is 0 Å². The van der Waals surface area contributed by atoms with Gasteiger partial charge in [0, 0.05) is 12.8 Å². The van der Waals surface area contributed by atoms with Gasteiger partial charge in [0.2, 0.25) is 0 Å². The molecule has 0 unspecified atom stereocenters. The van der Waals surface area contributed by atoms with Crippen molar-refractivity contribution < 1.29 is 19.1 Å². The highest BCUT2D eigenvalue weighted by Gasteiger charge is 2.37. The average Bonchev–Trinajstić information content (AvgIpc) is 2.28. The van der Waals surface area contributed by atoms with E-state index in [4.69, 9.17) is 9.47 Å². The zero-order valence-corrected chi connectivity index (χ0v) is 11.1. The van der Waals surface area contributed by atoms with Crippen LogP contribution in [0.1, 0.15) is 12.8 Å². The standard InChI is InChI=1S/C10H16O4S2/c1-15-5-3-7-9(11)14-8(4-6-16-2)10(12)13-7/h7-8H,3-6H2,1-2H3/t7-,8-/m0/s1. The molecule has 0 aromatic rings. The largest absolute Gasteiger partial charge is 0.448 e. The molecule has 0 aromatic heterocycles. The fourth-order valence-corrected chi connectivity index (χ4v) is 2.23. The zero-order valence-electron chi connectivity index (χ0n) is 9.43. The molecule has 1 aliphatic heterocycles. The summed E-state index contributed by atoms with van der Waals surface area (Å²) in [5, 5.41) is 0. The lowest BCUT2D eigenvalue weighted by atomic mass is 10.2. The van der Waals surface area contributed by atoms with E-state index in [-0.39, 0.29) is 0 Å². The molecule has 6 heteroatoms. The van der Waals surface area contributed by atoms with Crippen LogP contribution in [0.5, 0.6) is 0 Å². The predicted octanol–water partition coefficient (Wildman–Crippen LogP) is 1.33. The minimum Gasteiger partial charge on any atom is -0.448 e.